The van der Waals surface area contributed by atoms with Crippen LogP contribution in [0.3, 0.4) is 0 Å². The summed E-state index contributed by atoms with van der Waals surface area (Å²) in [5, 5.41) is 14.6. The number of aliphatic hydroxyl groups excluding tert-OH is 1. The van der Waals surface area contributed by atoms with Crippen LogP contribution in [-0.2, 0) is 6.61 Å². The van der Waals surface area contributed by atoms with Crippen molar-refractivity contribution < 1.29 is 19.0 Å². The van der Waals surface area contributed by atoms with E-state index < -0.39 is 11.9 Å². The van der Waals surface area contributed by atoms with Crippen molar-refractivity contribution in [2.45, 2.75) is 44.4 Å². The molecule has 4 rings (SSSR count). The van der Waals surface area contributed by atoms with Gasteiger partial charge in [0.05, 0.1) is 24.0 Å². The van der Waals surface area contributed by atoms with Crippen LogP contribution in [0.5, 0.6) is 11.5 Å². The zero-order chi connectivity index (χ0) is 21.3. The van der Waals surface area contributed by atoms with Crippen LogP contribution in [0.15, 0.2) is 18.3 Å². The van der Waals surface area contributed by atoms with Crippen molar-refractivity contribution >= 4 is 44.1 Å². The number of hydrogen-bond donors (Lipinski definition) is 3. The third-order valence-corrected chi connectivity index (χ3v) is 6.67. The Morgan fingerprint density at radius 3 is 2.93 bits per heavy atom. The first-order valence-corrected chi connectivity index (χ1v) is 10.8. The number of pyridine rings is 1. The van der Waals surface area contributed by atoms with Crippen LogP contribution < -0.4 is 20.5 Å². The van der Waals surface area contributed by atoms with Crippen LogP contribution in [0.1, 0.15) is 31.2 Å². The van der Waals surface area contributed by atoms with E-state index in [9.17, 15) is 9.50 Å². The van der Waals surface area contributed by atoms with Crippen molar-refractivity contribution in [1.82, 2.24) is 9.97 Å². The zero-order valence-electron chi connectivity index (χ0n) is 16.3. The fraction of sp³-hybridized carbons (Fsp3) is 0.400. The first-order chi connectivity index (χ1) is 14.5. The molecule has 10 heteroatoms. The second-order valence-electron chi connectivity index (χ2n) is 7.15. The highest BCUT2D eigenvalue weighted by Crippen LogP contribution is 2.44. The molecule has 1 aromatic carbocycles. The minimum Gasteiger partial charge on any atom is -0.494 e. The van der Waals surface area contributed by atoms with Gasteiger partial charge in [-0.15, -0.1) is 0 Å². The molecule has 0 spiro atoms. The van der Waals surface area contributed by atoms with Gasteiger partial charge in [0.1, 0.15) is 28.6 Å². The summed E-state index contributed by atoms with van der Waals surface area (Å²) in [4.78, 5) is 8.31. The molecule has 0 amide bonds. The largest absolute Gasteiger partial charge is 0.494 e. The van der Waals surface area contributed by atoms with E-state index in [4.69, 9.17) is 26.8 Å². The first-order valence-electron chi connectivity index (χ1n) is 9.61. The summed E-state index contributed by atoms with van der Waals surface area (Å²) in [6, 6.07) is 3.09. The fourth-order valence-corrected chi connectivity index (χ4v) is 4.82. The number of nitrogens with one attached hydrogen (secondary N) is 1. The number of aromatic nitrogens is 2. The van der Waals surface area contributed by atoms with Gasteiger partial charge in [-0.25, -0.2) is 14.4 Å². The van der Waals surface area contributed by atoms with Gasteiger partial charge in [0.15, 0.2) is 16.8 Å². The Labute approximate surface area is 182 Å². The van der Waals surface area contributed by atoms with Crippen molar-refractivity contribution in [1.29, 1.82) is 0 Å². The molecule has 0 radical (unpaired) electrons. The van der Waals surface area contributed by atoms with Crippen LogP contribution in [0.4, 0.5) is 15.3 Å². The average molecular weight is 453 g/mol. The lowest BCUT2D eigenvalue weighted by Gasteiger charge is -2.27. The normalized spacial score (nSPS) is 19.1. The van der Waals surface area contributed by atoms with Crippen LogP contribution in [0, 0.1) is 5.82 Å². The number of hydrogen-bond acceptors (Lipinski definition) is 8. The van der Waals surface area contributed by atoms with Gasteiger partial charge in [0.2, 0.25) is 0 Å². The predicted octanol–water partition coefficient (Wildman–Crippen LogP) is 4.37. The molecule has 0 aliphatic heterocycles. The van der Waals surface area contributed by atoms with Gasteiger partial charge in [-0.2, -0.15) is 0 Å². The number of aliphatic hydroxyl groups is 1. The summed E-state index contributed by atoms with van der Waals surface area (Å²) < 4.78 is 26.0. The Kier molecular flexibility index (Phi) is 6.12. The van der Waals surface area contributed by atoms with Crippen molar-refractivity contribution in [3.8, 4) is 11.5 Å². The number of rotatable bonds is 6. The van der Waals surface area contributed by atoms with E-state index in [2.05, 4.69) is 15.3 Å². The van der Waals surface area contributed by atoms with Gasteiger partial charge in [-0.3, -0.25) is 0 Å². The molecular weight excluding hydrogens is 431 g/mol. The Morgan fingerprint density at radius 2 is 2.17 bits per heavy atom. The SMILES string of the molecule is COc1cc(OCc2ccnc(N)c2F)c(Cl)c2sc(NC3CCCC[C@@H]3O)nc12. The predicted molar refractivity (Wildman–Crippen MR) is 116 cm³/mol. The van der Waals surface area contributed by atoms with E-state index >= 15 is 0 Å². The molecule has 2 aromatic heterocycles. The van der Waals surface area contributed by atoms with Crippen molar-refractivity contribution in [2.24, 2.45) is 0 Å². The van der Waals surface area contributed by atoms with Gasteiger partial charge < -0.3 is 25.6 Å². The Morgan fingerprint density at radius 1 is 1.37 bits per heavy atom. The maximum atomic E-state index is 14.1. The van der Waals surface area contributed by atoms with Crippen LogP contribution >= 0.6 is 22.9 Å². The van der Waals surface area contributed by atoms with Crippen molar-refractivity contribution in [3.05, 3.63) is 34.7 Å². The molecule has 1 unspecified atom stereocenters. The molecule has 1 fully saturated rings. The molecule has 30 heavy (non-hydrogen) atoms. The molecule has 1 saturated carbocycles. The number of anilines is 2. The average Bonchev–Trinajstić information content (AvgIpc) is 3.16. The summed E-state index contributed by atoms with van der Waals surface area (Å²) in [5.41, 5.74) is 6.39. The van der Waals surface area contributed by atoms with Crippen LogP contribution in [-0.4, -0.2) is 34.3 Å². The number of nitrogen functional groups attached to an aromatic ring is 1. The van der Waals surface area contributed by atoms with E-state index in [0.717, 1.165) is 25.7 Å². The van der Waals surface area contributed by atoms with E-state index in [-0.39, 0.29) is 24.0 Å². The van der Waals surface area contributed by atoms with Crippen LogP contribution in [0.25, 0.3) is 10.2 Å². The third-order valence-electron chi connectivity index (χ3n) is 5.18. The summed E-state index contributed by atoms with van der Waals surface area (Å²) in [7, 11) is 1.53. The minimum absolute atomic E-state index is 0.0417. The first kappa shape index (κ1) is 20.9. The maximum absolute atomic E-state index is 14.1. The minimum atomic E-state index is -0.614. The molecule has 3 aromatic rings. The summed E-state index contributed by atoms with van der Waals surface area (Å²) >= 11 is 7.94. The van der Waals surface area contributed by atoms with E-state index in [1.807, 2.05) is 0 Å². The molecule has 2 atom stereocenters. The number of halogens is 2. The van der Waals surface area contributed by atoms with Crippen molar-refractivity contribution in [3.63, 3.8) is 0 Å². The smallest absolute Gasteiger partial charge is 0.184 e. The lowest BCUT2D eigenvalue weighted by atomic mass is 9.93. The number of fused-ring (bicyclic) bond motifs is 1. The second-order valence-corrected chi connectivity index (χ2v) is 8.53. The number of thiazole rings is 1. The topological polar surface area (TPSA) is 103 Å². The lowest BCUT2D eigenvalue weighted by Crippen LogP contribution is -2.36. The van der Waals surface area contributed by atoms with E-state index in [1.165, 1.54) is 30.7 Å². The van der Waals surface area contributed by atoms with Crippen LogP contribution in [0.2, 0.25) is 5.02 Å². The van der Waals surface area contributed by atoms with E-state index in [0.29, 0.717) is 31.9 Å². The highest BCUT2D eigenvalue weighted by atomic mass is 35.5. The fourth-order valence-electron chi connectivity index (χ4n) is 3.53. The number of ether oxygens (including phenoxy) is 2. The molecule has 2 heterocycles. The highest BCUT2D eigenvalue weighted by Gasteiger charge is 2.25. The lowest BCUT2D eigenvalue weighted by molar-refractivity contribution is 0.116. The number of nitrogens with two attached hydrogens (primary N) is 1. The van der Waals surface area contributed by atoms with Gasteiger partial charge >= 0.3 is 0 Å². The highest BCUT2D eigenvalue weighted by molar-refractivity contribution is 7.22. The quantitative estimate of drug-likeness (QED) is 0.510. The molecule has 4 N–H and O–H groups in total. The molecule has 1 aliphatic rings. The van der Waals surface area contributed by atoms with Gasteiger partial charge in [0, 0.05) is 17.8 Å². The maximum Gasteiger partial charge on any atom is 0.184 e. The molecule has 1 aliphatic carbocycles. The third kappa shape index (κ3) is 4.10. The van der Waals surface area contributed by atoms with Gasteiger partial charge in [0.25, 0.3) is 0 Å². The summed E-state index contributed by atoms with van der Waals surface area (Å²) in [6.07, 6.45) is 4.78. The number of methoxy groups -OCH3 is 1. The zero-order valence-corrected chi connectivity index (χ0v) is 17.9. The molecule has 7 nitrogen and oxygen atoms in total. The Hall–Kier alpha value is -2.36. The summed E-state index contributed by atoms with van der Waals surface area (Å²) in [5.74, 6) is 0.0478. The van der Waals surface area contributed by atoms with Gasteiger partial charge in [-0.05, 0) is 18.9 Å². The summed E-state index contributed by atoms with van der Waals surface area (Å²) in [6.45, 7) is -0.0644. The number of nitrogens with zero attached hydrogens (tertiary/aromatic N) is 2. The van der Waals surface area contributed by atoms with E-state index in [1.54, 1.807) is 6.07 Å². The standard InChI is InChI=1S/C20H22ClFN4O3S/c1-28-14-8-13(29-9-10-6-7-24-19(23)16(10)22)15(21)18-17(14)26-20(30-18)25-11-4-2-3-5-12(11)27/h6-8,11-12,27H,2-5,9H2,1H3,(H2,23,24)(H,25,26)/t11?,12-/m0/s1. The number of benzene rings is 1. The molecule has 0 bridgehead atoms. The van der Waals surface area contributed by atoms with Crippen molar-refractivity contribution in [2.75, 3.05) is 18.2 Å². The molecule has 160 valence electrons. The second kappa shape index (κ2) is 8.79. The Bertz CT molecular complexity index is 1060. The monoisotopic (exact) mass is 452 g/mol. The molecule has 0 saturated heterocycles. The Balaban J connectivity index is 1.61. The van der Waals surface area contributed by atoms with Gasteiger partial charge in [-0.1, -0.05) is 35.8 Å². The molecular formula is C20H22ClFN4O3S.